The molecule has 21 heavy (non-hydrogen) atoms. The van der Waals surface area contributed by atoms with Gasteiger partial charge in [-0.15, -0.1) is 0 Å². The number of halogens is 1. The smallest absolute Gasteiger partial charge is 0.279 e. The Balaban J connectivity index is 1.91. The molecule has 0 aliphatic carbocycles. The van der Waals surface area contributed by atoms with Gasteiger partial charge in [0.1, 0.15) is 0 Å². The van der Waals surface area contributed by atoms with Gasteiger partial charge < -0.3 is 16.0 Å². The Hall–Kier alpha value is -1.40. The molecule has 114 valence electrons. The molecule has 1 aliphatic heterocycles. The number of quaternary nitrogens is 1. The lowest BCUT2D eigenvalue weighted by Crippen LogP contribution is -3.14. The molecule has 1 aromatic carbocycles. The summed E-state index contributed by atoms with van der Waals surface area (Å²) in [5.74, 6) is -0.402. The van der Waals surface area contributed by atoms with Crippen molar-refractivity contribution in [2.24, 2.45) is 11.7 Å². The van der Waals surface area contributed by atoms with E-state index in [1.807, 2.05) is 25.1 Å². The number of aryl methyl sites for hydroxylation is 1. The number of nitrogens with one attached hydrogen (secondary N) is 2. The van der Waals surface area contributed by atoms with Crippen molar-refractivity contribution in [3.05, 3.63) is 28.2 Å². The summed E-state index contributed by atoms with van der Waals surface area (Å²) < 4.78 is 0.875. The van der Waals surface area contributed by atoms with E-state index in [-0.39, 0.29) is 17.7 Å². The Bertz CT molecular complexity index is 548. The number of benzene rings is 1. The lowest BCUT2D eigenvalue weighted by Gasteiger charge is -2.27. The van der Waals surface area contributed by atoms with E-state index >= 15 is 0 Å². The molecule has 1 saturated heterocycles. The molecule has 1 unspecified atom stereocenters. The predicted octanol–water partition coefficient (Wildman–Crippen LogP) is 0.476. The van der Waals surface area contributed by atoms with Gasteiger partial charge in [-0.05, 0) is 53.4 Å². The van der Waals surface area contributed by atoms with Gasteiger partial charge in [-0.3, -0.25) is 9.59 Å². The summed E-state index contributed by atoms with van der Waals surface area (Å²) in [5.41, 5.74) is 7.26. The molecule has 0 spiro atoms. The minimum absolute atomic E-state index is 0.0420. The van der Waals surface area contributed by atoms with Crippen molar-refractivity contribution in [1.29, 1.82) is 0 Å². The van der Waals surface area contributed by atoms with Crippen molar-refractivity contribution in [2.75, 3.05) is 25.0 Å². The Morgan fingerprint density at radius 3 is 2.90 bits per heavy atom. The van der Waals surface area contributed by atoms with E-state index in [4.69, 9.17) is 5.73 Å². The van der Waals surface area contributed by atoms with Gasteiger partial charge in [0.2, 0.25) is 5.91 Å². The highest BCUT2D eigenvalue weighted by Crippen LogP contribution is 2.23. The van der Waals surface area contributed by atoms with Crippen LogP contribution in [0.25, 0.3) is 0 Å². The Kier molecular flexibility index (Phi) is 5.36. The second-order valence-electron chi connectivity index (χ2n) is 5.65. The first-order valence-electron chi connectivity index (χ1n) is 7.14. The van der Waals surface area contributed by atoms with Gasteiger partial charge in [-0.25, -0.2) is 0 Å². The summed E-state index contributed by atoms with van der Waals surface area (Å²) in [7, 11) is 0. The molecule has 2 atom stereocenters. The number of amides is 2. The fraction of sp³-hybridized carbons (Fsp3) is 0.467. The molecule has 1 heterocycles. The lowest BCUT2D eigenvalue weighted by molar-refractivity contribution is -0.899. The number of likely N-dealkylation sites (tertiary alicyclic amines) is 1. The van der Waals surface area contributed by atoms with Crippen LogP contribution in [0.5, 0.6) is 0 Å². The van der Waals surface area contributed by atoms with Crippen molar-refractivity contribution in [3.63, 3.8) is 0 Å². The van der Waals surface area contributed by atoms with Crippen LogP contribution in [0, 0.1) is 12.8 Å². The molecule has 4 N–H and O–H groups in total. The zero-order valence-corrected chi connectivity index (χ0v) is 13.7. The second kappa shape index (κ2) is 7.04. The minimum Gasteiger partial charge on any atom is -0.369 e. The van der Waals surface area contributed by atoms with E-state index in [1.54, 1.807) is 0 Å². The van der Waals surface area contributed by atoms with Gasteiger partial charge in [0.15, 0.2) is 6.54 Å². The van der Waals surface area contributed by atoms with Crippen LogP contribution >= 0.6 is 15.9 Å². The highest BCUT2D eigenvalue weighted by atomic mass is 79.9. The average Bonchev–Trinajstić information content (AvgIpc) is 2.42. The van der Waals surface area contributed by atoms with E-state index in [0.29, 0.717) is 13.1 Å². The number of hydrogen-bond acceptors (Lipinski definition) is 2. The monoisotopic (exact) mass is 354 g/mol. The third-order valence-corrected chi connectivity index (χ3v) is 4.49. The molecule has 0 radical (unpaired) electrons. The molecule has 5 nitrogen and oxygen atoms in total. The first-order chi connectivity index (χ1) is 9.95. The number of carbonyl (C=O) groups excluding carboxylic acids is 2. The maximum Gasteiger partial charge on any atom is 0.279 e. The number of anilines is 1. The van der Waals surface area contributed by atoms with Crippen LogP contribution in [0.2, 0.25) is 0 Å². The maximum absolute atomic E-state index is 12.1. The van der Waals surface area contributed by atoms with Gasteiger partial charge in [0, 0.05) is 4.47 Å². The van der Waals surface area contributed by atoms with E-state index < -0.39 is 0 Å². The predicted molar refractivity (Wildman–Crippen MR) is 85.0 cm³/mol. The van der Waals surface area contributed by atoms with Crippen LogP contribution < -0.4 is 16.0 Å². The number of rotatable bonds is 4. The zero-order valence-electron chi connectivity index (χ0n) is 12.1. The van der Waals surface area contributed by atoms with Gasteiger partial charge in [-0.1, -0.05) is 6.07 Å². The third-order valence-electron chi connectivity index (χ3n) is 3.83. The molecule has 1 aliphatic rings. The van der Waals surface area contributed by atoms with Crippen LogP contribution in [0.4, 0.5) is 5.69 Å². The number of piperidine rings is 1. The number of hydrogen-bond donors (Lipinski definition) is 3. The van der Waals surface area contributed by atoms with Crippen molar-refractivity contribution in [1.82, 2.24) is 0 Å². The first kappa shape index (κ1) is 16.0. The van der Waals surface area contributed by atoms with Crippen LogP contribution in [0.1, 0.15) is 18.4 Å². The summed E-state index contributed by atoms with van der Waals surface area (Å²) in [5, 5.41) is 2.91. The number of carbonyl (C=O) groups is 2. The highest BCUT2D eigenvalue weighted by Gasteiger charge is 2.28. The quantitative estimate of drug-likeness (QED) is 0.735. The van der Waals surface area contributed by atoms with Crippen molar-refractivity contribution in [2.45, 2.75) is 19.8 Å². The summed E-state index contributed by atoms with van der Waals surface area (Å²) in [6, 6.07) is 5.80. The number of primary amides is 1. The number of nitrogens with two attached hydrogens (primary N) is 1. The summed E-state index contributed by atoms with van der Waals surface area (Å²) in [6.45, 7) is 3.92. The minimum atomic E-state index is -0.256. The van der Waals surface area contributed by atoms with Crippen LogP contribution in [0.3, 0.4) is 0 Å². The normalized spacial score (nSPS) is 21.8. The summed E-state index contributed by atoms with van der Waals surface area (Å²) >= 11 is 3.45. The third kappa shape index (κ3) is 4.54. The van der Waals surface area contributed by atoms with Crippen LogP contribution in [-0.2, 0) is 9.59 Å². The van der Waals surface area contributed by atoms with Crippen molar-refractivity contribution >= 4 is 33.4 Å². The second-order valence-corrected chi connectivity index (χ2v) is 6.51. The van der Waals surface area contributed by atoms with E-state index in [0.717, 1.165) is 40.0 Å². The Labute approximate surface area is 133 Å². The molecule has 1 aromatic rings. The molecule has 1 fully saturated rings. The van der Waals surface area contributed by atoms with Crippen molar-refractivity contribution < 1.29 is 14.5 Å². The molecule has 0 saturated carbocycles. The van der Waals surface area contributed by atoms with Crippen LogP contribution in [0.15, 0.2) is 22.7 Å². The van der Waals surface area contributed by atoms with Crippen molar-refractivity contribution in [3.8, 4) is 0 Å². The fourth-order valence-electron chi connectivity index (χ4n) is 2.70. The molecule has 2 amide bonds. The SMILES string of the molecule is Cc1ccc(NC(=O)C[NH+]2CCC[C@H](C(N)=O)C2)c(Br)c1. The van der Waals surface area contributed by atoms with Gasteiger partial charge in [-0.2, -0.15) is 0 Å². The van der Waals surface area contributed by atoms with Gasteiger partial charge in [0.05, 0.1) is 24.7 Å². The summed E-state index contributed by atoms with van der Waals surface area (Å²) in [6.07, 6.45) is 1.77. The zero-order chi connectivity index (χ0) is 15.4. The Morgan fingerprint density at radius 1 is 1.48 bits per heavy atom. The molecule has 0 aromatic heterocycles. The molecule has 0 bridgehead atoms. The van der Waals surface area contributed by atoms with Gasteiger partial charge >= 0.3 is 0 Å². The highest BCUT2D eigenvalue weighted by molar-refractivity contribution is 9.10. The maximum atomic E-state index is 12.1. The molecular formula is C15H21BrN3O2+. The van der Waals surface area contributed by atoms with E-state index in [1.165, 1.54) is 0 Å². The standard InChI is InChI=1S/C15H20BrN3O2/c1-10-4-5-13(12(16)7-10)18-14(20)9-19-6-2-3-11(8-19)15(17)21/h4-5,7,11H,2-3,6,8-9H2,1H3,(H2,17,21)(H,18,20)/p+1/t11-/m0/s1. The first-order valence-corrected chi connectivity index (χ1v) is 7.94. The fourth-order valence-corrected chi connectivity index (χ4v) is 3.29. The van der Waals surface area contributed by atoms with E-state index in [2.05, 4.69) is 21.2 Å². The van der Waals surface area contributed by atoms with Gasteiger partial charge in [0.25, 0.3) is 5.91 Å². The molecular weight excluding hydrogens is 334 g/mol. The van der Waals surface area contributed by atoms with E-state index in [9.17, 15) is 9.59 Å². The molecule has 6 heteroatoms. The lowest BCUT2D eigenvalue weighted by atomic mass is 9.97. The van der Waals surface area contributed by atoms with Crippen LogP contribution in [-0.4, -0.2) is 31.4 Å². The average molecular weight is 355 g/mol. The topological polar surface area (TPSA) is 76.6 Å². The summed E-state index contributed by atoms with van der Waals surface area (Å²) in [4.78, 5) is 24.5. The largest absolute Gasteiger partial charge is 0.369 e. The molecule has 2 rings (SSSR count). The Morgan fingerprint density at radius 2 is 2.24 bits per heavy atom.